The lowest BCUT2D eigenvalue weighted by Gasteiger charge is -2.33. The molecule has 7 heteroatoms. The smallest absolute Gasteiger partial charge is 0.224 e. The molecule has 29 heavy (non-hydrogen) atoms. The van der Waals surface area contributed by atoms with Gasteiger partial charge in [0.05, 0.1) is 17.0 Å². The Hall–Kier alpha value is -2.67. The molecule has 5 rings (SSSR count). The molecule has 152 valence electrons. The predicted octanol–water partition coefficient (Wildman–Crippen LogP) is 2.31. The van der Waals surface area contributed by atoms with E-state index in [1.807, 2.05) is 18.2 Å². The highest BCUT2D eigenvalue weighted by molar-refractivity contribution is 5.84. The van der Waals surface area contributed by atoms with E-state index < -0.39 is 0 Å². The van der Waals surface area contributed by atoms with E-state index in [0.29, 0.717) is 6.54 Å². The number of likely N-dealkylation sites (tertiary alicyclic amines) is 1. The molecule has 2 saturated heterocycles. The molecule has 1 atom stereocenters. The van der Waals surface area contributed by atoms with Gasteiger partial charge in [-0.3, -0.25) is 4.79 Å². The van der Waals surface area contributed by atoms with Gasteiger partial charge in [-0.15, -0.1) is 0 Å². The third-order valence-electron chi connectivity index (χ3n) is 6.23. The zero-order valence-corrected chi connectivity index (χ0v) is 16.8. The Morgan fingerprint density at radius 1 is 1.10 bits per heavy atom. The van der Waals surface area contributed by atoms with E-state index in [1.54, 1.807) is 6.20 Å². The number of fused-ring (bicyclic) bond motifs is 3. The molecule has 0 spiro atoms. The zero-order valence-electron chi connectivity index (χ0n) is 16.8. The summed E-state index contributed by atoms with van der Waals surface area (Å²) in [5, 5.41) is 3.17. The quantitative estimate of drug-likeness (QED) is 0.722. The Balaban J connectivity index is 1.31. The second kappa shape index (κ2) is 7.99. The number of nitrogens with one attached hydrogen (secondary N) is 1. The minimum absolute atomic E-state index is 0.0126. The highest BCUT2D eigenvalue weighted by Crippen LogP contribution is 2.28. The fraction of sp³-hybridized carbons (Fsp3) is 0.500. The molecule has 3 aromatic heterocycles. The van der Waals surface area contributed by atoms with Crippen molar-refractivity contribution < 1.29 is 4.79 Å². The van der Waals surface area contributed by atoms with Crippen LogP contribution < -0.4 is 10.2 Å². The minimum atomic E-state index is 0.0126. The molecule has 0 bridgehead atoms. The molecule has 0 aliphatic carbocycles. The maximum absolute atomic E-state index is 12.8. The second-order valence-electron chi connectivity index (χ2n) is 8.17. The number of anilines is 1. The monoisotopic (exact) mass is 392 g/mol. The van der Waals surface area contributed by atoms with Gasteiger partial charge < -0.3 is 19.5 Å². The van der Waals surface area contributed by atoms with Crippen LogP contribution in [-0.2, 0) is 4.79 Å². The van der Waals surface area contributed by atoms with E-state index in [2.05, 4.69) is 36.8 Å². The molecule has 2 aliphatic rings. The molecule has 0 radical (unpaired) electrons. The molecule has 2 fully saturated rings. The fourth-order valence-corrected chi connectivity index (χ4v) is 4.70. The number of carbonyl (C=O) groups excluding carboxylic acids is 1. The average molecular weight is 393 g/mol. The highest BCUT2D eigenvalue weighted by atomic mass is 16.1. The number of aromatic nitrogens is 3. The lowest BCUT2D eigenvalue weighted by atomic mass is 9.97. The molecule has 0 saturated carbocycles. The van der Waals surface area contributed by atoms with Crippen LogP contribution in [0.1, 0.15) is 25.7 Å². The van der Waals surface area contributed by atoms with Gasteiger partial charge in [-0.1, -0.05) is 0 Å². The van der Waals surface area contributed by atoms with Crippen LogP contribution >= 0.6 is 0 Å². The summed E-state index contributed by atoms with van der Waals surface area (Å²) in [7, 11) is 0. The van der Waals surface area contributed by atoms with Gasteiger partial charge in [-0.25, -0.2) is 9.97 Å². The Bertz CT molecular complexity index is 1010. The number of hydrogen-bond donors (Lipinski definition) is 1. The van der Waals surface area contributed by atoms with Crippen LogP contribution in [0.25, 0.3) is 16.7 Å². The van der Waals surface area contributed by atoms with Crippen molar-refractivity contribution in [1.82, 2.24) is 24.6 Å². The molecule has 0 unspecified atom stereocenters. The average Bonchev–Trinajstić information content (AvgIpc) is 3.45. The van der Waals surface area contributed by atoms with Crippen LogP contribution in [0.2, 0.25) is 0 Å². The first kappa shape index (κ1) is 18.4. The van der Waals surface area contributed by atoms with Crippen LogP contribution in [0, 0.1) is 5.92 Å². The summed E-state index contributed by atoms with van der Waals surface area (Å²) in [6, 6.07) is 8.11. The SMILES string of the molecule is O=C(NCCN1CCCC1)[C@H]1CCCN(c2nc3ncccc3n3cccc23)C1. The number of carbonyl (C=O) groups is 1. The molecule has 1 N–H and O–H groups in total. The van der Waals surface area contributed by atoms with Gasteiger partial charge in [0.15, 0.2) is 11.5 Å². The van der Waals surface area contributed by atoms with Crippen molar-refractivity contribution in [2.24, 2.45) is 5.92 Å². The molecule has 0 aromatic carbocycles. The molecular formula is C22H28N6O. The predicted molar refractivity (Wildman–Crippen MR) is 114 cm³/mol. The van der Waals surface area contributed by atoms with E-state index in [9.17, 15) is 4.79 Å². The van der Waals surface area contributed by atoms with Crippen molar-refractivity contribution in [2.75, 3.05) is 44.2 Å². The Morgan fingerprint density at radius 3 is 2.86 bits per heavy atom. The first-order chi connectivity index (χ1) is 14.3. The lowest BCUT2D eigenvalue weighted by molar-refractivity contribution is -0.125. The van der Waals surface area contributed by atoms with E-state index in [-0.39, 0.29) is 11.8 Å². The van der Waals surface area contributed by atoms with Gasteiger partial charge in [0.1, 0.15) is 0 Å². The van der Waals surface area contributed by atoms with Crippen LogP contribution in [0.5, 0.6) is 0 Å². The van der Waals surface area contributed by atoms with Gasteiger partial charge in [0, 0.05) is 38.6 Å². The van der Waals surface area contributed by atoms with Crippen LogP contribution in [-0.4, -0.2) is 64.4 Å². The normalized spacial score (nSPS) is 20.6. The fourth-order valence-electron chi connectivity index (χ4n) is 4.70. The zero-order chi connectivity index (χ0) is 19.6. The molecular weight excluding hydrogens is 364 g/mol. The first-order valence-corrected chi connectivity index (χ1v) is 10.8. The summed E-state index contributed by atoms with van der Waals surface area (Å²) in [4.78, 5) is 26.8. The summed E-state index contributed by atoms with van der Waals surface area (Å²) >= 11 is 0. The summed E-state index contributed by atoms with van der Waals surface area (Å²) in [5.74, 6) is 1.12. The number of pyridine rings is 1. The van der Waals surface area contributed by atoms with Crippen molar-refractivity contribution >= 4 is 28.4 Å². The summed E-state index contributed by atoms with van der Waals surface area (Å²) in [6.07, 6.45) is 8.34. The third-order valence-corrected chi connectivity index (χ3v) is 6.23. The van der Waals surface area contributed by atoms with E-state index >= 15 is 0 Å². The summed E-state index contributed by atoms with van der Waals surface area (Å²) in [6.45, 7) is 5.68. The Labute approximate surface area is 170 Å². The molecule has 7 nitrogen and oxygen atoms in total. The number of amides is 1. The molecule has 5 heterocycles. The van der Waals surface area contributed by atoms with E-state index in [0.717, 1.165) is 55.0 Å². The highest BCUT2D eigenvalue weighted by Gasteiger charge is 2.28. The lowest BCUT2D eigenvalue weighted by Crippen LogP contribution is -2.45. The molecule has 3 aromatic rings. The standard InChI is InChI=1S/C22H28N6O/c29-22(24-10-15-26-11-1-2-12-26)17-6-4-13-27(16-17)21-19-8-5-14-28(19)18-7-3-9-23-20(18)25-21/h3,5,7-9,14,17H,1-2,4,6,10-13,15-16H2,(H,24,29)/t17-/m0/s1. The van der Waals surface area contributed by atoms with Crippen LogP contribution in [0.4, 0.5) is 5.82 Å². The van der Waals surface area contributed by atoms with Gasteiger partial charge in [-0.2, -0.15) is 0 Å². The van der Waals surface area contributed by atoms with Crippen molar-refractivity contribution in [3.63, 3.8) is 0 Å². The number of rotatable bonds is 5. The van der Waals surface area contributed by atoms with Crippen LogP contribution in [0.15, 0.2) is 36.7 Å². The van der Waals surface area contributed by atoms with Crippen molar-refractivity contribution in [3.8, 4) is 0 Å². The number of nitrogens with zero attached hydrogens (tertiary/aromatic N) is 5. The van der Waals surface area contributed by atoms with E-state index in [1.165, 1.54) is 25.9 Å². The maximum Gasteiger partial charge on any atom is 0.224 e. The minimum Gasteiger partial charge on any atom is -0.355 e. The van der Waals surface area contributed by atoms with Gasteiger partial charge in [0.25, 0.3) is 0 Å². The van der Waals surface area contributed by atoms with Crippen molar-refractivity contribution in [1.29, 1.82) is 0 Å². The summed E-state index contributed by atoms with van der Waals surface area (Å²) < 4.78 is 2.14. The van der Waals surface area contributed by atoms with Crippen LogP contribution in [0.3, 0.4) is 0 Å². The Kier molecular flexibility index (Phi) is 5.06. The third kappa shape index (κ3) is 3.67. The first-order valence-electron chi connectivity index (χ1n) is 10.8. The topological polar surface area (TPSA) is 65.8 Å². The summed E-state index contributed by atoms with van der Waals surface area (Å²) in [5.41, 5.74) is 2.81. The largest absolute Gasteiger partial charge is 0.355 e. The van der Waals surface area contributed by atoms with Gasteiger partial charge >= 0.3 is 0 Å². The van der Waals surface area contributed by atoms with Crippen molar-refractivity contribution in [2.45, 2.75) is 25.7 Å². The second-order valence-corrected chi connectivity index (χ2v) is 8.17. The Morgan fingerprint density at radius 2 is 1.97 bits per heavy atom. The number of hydrogen-bond acceptors (Lipinski definition) is 5. The molecule has 2 aliphatic heterocycles. The van der Waals surface area contributed by atoms with Gasteiger partial charge in [0.2, 0.25) is 5.91 Å². The molecule has 1 amide bonds. The number of piperidine rings is 1. The van der Waals surface area contributed by atoms with Crippen molar-refractivity contribution in [3.05, 3.63) is 36.7 Å². The van der Waals surface area contributed by atoms with E-state index in [4.69, 9.17) is 4.98 Å². The van der Waals surface area contributed by atoms with Gasteiger partial charge in [-0.05, 0) is 63.0 Å². The maximum atomic E-state index is 12.8.